The Balaban J connectivity index is 2.09. The highest BCUT2D eigenvalue weighted by atomic mass is 35.5. The van der Waals surface area contributed by atoms with Gasteiger partial charge in [0.1, 0.15) is 16.4 Å². The summed E-state index contributed by atoms with van der Waals surface area (Å²) in [6.07, 6.45) is 1.34. The number of ether oxygens (including phenoxy) is 1. The number of amides is 1. The van der Waals surface area contributed by atoms with E-state index >= 15 is 0 Å². The minimum atomic E-state index is -0.392. The van der Waals surface area contributed by atoms with E-state index in [4.69, 9.17) is 16.3 Å². The second-order valence-corrected chi connectivity index (χ2v) is 5.44. The summed E-state index contributed by atoms with van der Waals surface area (Å²) in [6, 6.07) is 4.72. The number of aromatic hydroxyl groups is 1. The molecule has 2 aromatic rings. The number of hydrogen-bond acceptors (Lipinski definition) is 5. The molecule has 0 fully saturated rings. The Morgan fingerprint density at radius 1 is 1.52 bits per heavy atom. The molecule has 2 rings (SSSR count). The summed E-state index contributed by atoms with van der Waals surface area (Å²) in [5.41, 5.74) is 3.65. The van der Waals surface area contributed by atoms with Crippen LogP contribution in [-0.4, -0.2) is 24.3 Å². The molecule has 0 aliphatic rings. The van der Waals surface area contributed by atoms with E-state index < -0.39 is 5.91 Å². The summed E-state index contributed by atoms with van der Waals surface area (Å²) >= 11 is 7.26. The summed E-state index contributed by atoms with van der Waals surface area (Å²) in [5, 5.41) is 15.7. The normalized spacial score (nSPS) is 10.8. The van der Waals surface area contributed by atoms with Gasteiger partial charge in [-0.2, -0.15) is 5.10 Å². The summed E-state index contributed by atoms with van der Waals surface area (Å²) < 4.78 is 5.05. The van der Waals surface area contributed by atoms with Crippen molar-refractivity contribution in [2.24, 2.45) is 5.10 Å². The summed E-state index contributed by atoms with van der Waals surface area (Å²) in [4.78, 5) is 12.3. The molecule has 110 valence electrons. The quantitative estimate of drug-likeness (QED) is 0.670. The molecule has 0 saturated heterocycles. The van der Waals surface area contributed by atoms with Crippen LogP contribution in [-0.2, 0) is 0 Å². The van der Waals surface area contributed by atoms with Gasteiger partial charge in [-0.3, -0.25) is 4.79 Å². The van der Waals surface area contributed by atoms with E-state index in [0.29, 0.717) is 21.2 Å². The number of rotatable bonds is 4. The molecule has 5 nitrogen and oxygen atoms in total. The van der Waals surface area contributed by atoms with Crippen LogP contribution in [0.5, 0.6) is 11.5 Å². The van der Waals surface area contributed by atoms with Crippen molar-refractivity contribution in [2.45, 2.75) is 6.92 Å². The lowest BCUT2D eigenvalue weighted by atomic mass is 10.2. The van der Waals surface area contributed by atoms with E-state index in [1.807, 2.05) is 6.92 Å². The van der Waals surface area contributed by atoms with E-state index in [0.717, 1.165) is 5.56 Å². The van der Waals surface area contributed by atoms with Gasteiger partial charge in [0, 0.05) is 5.56 Å². The molecule has 7 heteroatoms. The maximum absolute atomic E-state index is 11.9. The number of aryl methyl sites for hydroxylation is 1. The third-order valence-electron chi connectivity index (χ3n) is 2.71. The number of nitrogens with one attached hydrogen (secondary N) is 1. The molecule has 0 aliphatic heterocycles. The number of phenolic OH excluding ortho intramolecular Hbond substituents is 1. The van der Waals surface area contributed by atoms with Gasteiger partial charge in [-0.25, -0.2) is 5.43 Å². The Kier molecular flexibility index (Phi) is 4.82. The van der Waals surface area contributed by atoms with Gasteiger partial charge in [0.15, 0.2) is 0 Å². The largest absolute Gasteiger partial charge is 0.507 e. The number of carbonyl (C=O) groups excluding carboxylic acids is 1. The van der Waals surface area contributed by atoms with Gasteiger partial charge in [0.05, 0.1) is 18.3 Å². The van der Waals surface area contributed by atoms with Gasteiger partial charge in [-0.15, -0.1) is 11.3 Å². The Morgan fingerprint density at radius 3 is 2.90 bits per heavy atom. The molecule has 0 bridgehead atoms. The van der Waals surface area contributed by atoms with Crippen LogP contribution in [0.2, 0.25) is 5.02 Å². The average Bonchev–Trinajstić information content (AvgIpc) is 2.81. The summed E-state index contributed by atoms with van der Waals surface area (Å²) in [6.45, 7) is 1.83. The number of phenols is 1. The van der Waals surface area contributed by atoms with E-state index in [1.54, 1.807) is 17.5 Å². The Hall–Kier alpha value is -2.05. The molecule has 21 heavy (non-hydrogen) atoms. The first kappa shape index (κ1) is 15.3. The van der Waals surface area contributed by atoms with Crippen molar-refractivity contribution in [3.63, 3.8) is 0 Å². The lowest BCUT2D eigenvalue weighted by Gasteiger charge is -2.03. The second kappa shape index (κ2) is 6.60. The van der Waals surface area contributed by atoms with Crippen molar-refractivity contribution in [1.82, 2.24) is 5.43 Å². The number of halogens is 1. The van der Waals surface area contributed by atoms with Gasteiger partial charge in [0.2, 0.25) is 0 Å². The highest BCUT2D eigenvalue weighted by Crippen LogP contribution is 2.26. The summed E-state index contributed by atoms with van der Waals surface area (Å²) in [7, 11) is 1.52. The molecule has 0 radical (unpaired) electrons. The third kappa shape index (κ3) is 3.53. The first-order valence-corrected chi connectivity index (χ1v) is 7.22. The Labute approximate surface area is 130 Å². The molecule has 0 unspecified atom stereocenters. The second-order valence-electron chi connectivity index (χ2n) is 4.19. The highest BCUT2D eigenvalue weighted by Gasteiger charge is 2.13. The number of thiophene rings is 1. The van der Waals surface area contributed by atoms with Crippen molar-refractivity contribution < 1.29 is 14.6 Å². The van der Waals surface area contributed by atoms with Crippen LogP contribution in [0, 0.1) is 6.92 Å². The van der Waals surface area contributed by atoms with Crippen LogP contribution in [0.4, 0.5) is 0 Å². The van der Waals surface area contributed by atoms with Crippen LogP contribution >= 0.6 is 22.9 Å². The maximum Gasteiger partial charge on any atom is 0.282 e. The minimum absolute atomic E-state index is 0.0406. The zero-order chi connectivity index (χ0) is 15.4. The number of benzene rings is 1. The summed E-state index contributed by atoms with van der Waals surface area (Å²) in [5.74, 6) is 0.230. The van der Waals surface area contributed by atoms with E-state index in [-0.39, 0.29) is 5.75 Å². The maximum atomic E-state index is 11.9. The van der Waals surface area contributed by atoms with Crippen LogP contribution in [0.25, 0.3) is 0 Å². The first-order valence-electron chi connectivity index (χ1n) is 5.97. The number of methoxy groups -OCH3 is 1. The number of hydrazone groups is 1. The molecule has 0 atom stereocenters. The molecule has 0 spiro atoms. The number of hydrogen-bond donors (Lipinski definition) is 2. The van der Waals surface area contributed by atoms with Gasteiger partial charge in [-0.05, 0) is 36.1 Å². The van der Waals surface area contributed by atoms with Crippen molar-refractivity contribution in [3.05, 3.63) is 44.6 Å². The van der Waals surface area contributed by atoms with Crippen LogP contribution in [0.3, 0.4) is 0 Å². The predicted molar refractivity (Wildman–Crippen MR) is 83.8 cm³/mol. The predicted octanol–water partition coefficient (Wildman–Crippen LogP) is 3.19. The van der Waals surface area contributed by atoms with E-state index in [1.165, 1.54) is 30.7 Å². The molecule has 1 aromatic carbocycles. The zero-order valence-corrected chi connectivity index (χ0v) is 13.0. The SMILES string of the molecule is COc1ccc(O)c(C=NNC(=O)c2scc(C)c2Cl)c1. The highest BCUT2D eigenvalue weighted by molar-refractivity contribution is 7.13. The van der Waals surface area contributed by atoms with Crippen molar-refractivity contribution in [2.75, 3.05) is 7.11 Å². The van der Waals surface area contributed by atoms with Gasteiger partial charge >= 0.3 is 0 Å². The number of carbonyl (C=O) groups is 1. The fraction of sp³-hybridized carbons (Fsp3) is 0.143. The third-order valence-corrected chi connectivity index (χ3v) is 4.41. The van der Waals surface area contributed by atoms with Gasteiger partial charge < -0.3 is 9.84 Å². The van der Waals surface area contributed by atoms with Gasteiger partial charge in [-0.1, -0.05) is 11.6 Å². The molecule has 1 heterocycles. The van der Waals surface area contributed by atoms with Crippen LogP contribution in [0.15, 0.2) is 28.7 Å². The lowest BCUT2D eigenvalue weighted by Crippen LogP contribution is -2.16. The molecular formula is C14H13ClN2O3S. The topological polar surface area (TPSA) is 70.9 Å². The van der Waals surface area contributed by atoms with E-state index in [9.17, 15) is 9.90 Å². The lowest BCUT2D eigenvalue weighted by molar-refractivity contribution is 0.0959. The van der Waals surface area contributed by atoms with Gasteiger partial charge in [0.25, 0.3) is 5.91 Å². The molecule has 2 N–H and O–H groups in total. The fourth-order valence-corrected chi connectivity index (χ4v) is 2.73. The molecule has 0 saturated carbocycles. The minimum Gasteiger partial charge on any atom is -0.507 e. The smallest absolute Gasteiger partial charge is 0.282 e. The molecule has 1 aromatic heterocycles. The van der Waals surface area contributed by atoms with Crippen molar-refractivity contribution >= 4 is 35.1 Å². The van der Waals surface area contributed by atoms with Crippen molar-refractivity contribution in [1.29, 1.82) is 0 Å². The molecular weight excluding hydrogens is 312 g/mol. The fourth-order valence-electron chi connectivity index (χ4n) is 1.56. The van der Waals surface area contributed by atoms with Crippen LogP contribution in [0.1, 0.15) is 20.8 Å². The Morgan fingerprint density at radius 2 is 2.29 bits per heavy atom. The number of nitrogens with zero attached hydrogens (tertiary/aromatic N) is 1. The zero-order valence-electron chi connectivity index (χ0n) is 11.4. The first-order chi connectivity index (χ1) is 10.0. The van der Waals surface area contributed by atoms with Crippen LogP contribution < -0.4 is 10.2 Å². The monoisotopic (exact) mass is 324 g/mol. The molecule has 1 amide bonds. The average molecular weight is 325 g/mol. The van der Waals surface area contributed by atoms with Crippen molar-refractivity contribution in [3.8, 4) is 11.5 Å². The standard InChI is InChI=1S/C14H13ClN2O3S/c1-8-7-21-13(12(8)15)14(19)17-16-6-9-5-10(20-2)3-4-11(9)18/h3-7,18H,1-2H3,(H,17,19). The molecule has 0 aliphatic carbocycles. The van der Waals surface area contributed by atoms with E-state index in [2.05, 4.69) is 10.5 Å². The Bertz CT molecular complexity index is 698.